The van der Waals surface area contributed by atoms with Crippen molar-refractivity contribution in [2.45, 2.75) is 16.8 Å². The molecule has 0 radical (unpaired) electrons. The van der Waals surface area contributed by atoms with Crippen molar-refractivity contribution in [2.75, 3.05) is 0 Å². The monoisotopic (exact) mass is 208 g/mol. The Morgan fingerprint density at radius 2 is 2.21 bits per heavy atom. The van der Waals surface area contributed by atoms with E-state index in [1.165, 1.54) is 18.0 Å². The van der Waals surface area contributed by atoms with Gasteiger partial charge in [0.25, 0.3) is 5.22 Å². The first-order valence-corrected chi connectivity index (χ1v) is 4.78. The van der Waals surface area contributed by atoms with Gasteiger partial charge in [0.15, 0.2) is 0 Å². The van der Waals surface area contributed by atoms with E-state index in [1.807, 2.05) is 0 Å². The summed E-state index contributed by atoms with van der Waals surface area (Å²) in [5, 5.41) is 1.30. The van der Waals surface area contributed by atoms with Gasteiger partial charge in [-0.1, -0.05) is 0 Å². The molecule has 5 nitrogen and oxygen atoms in total. The van der Waals surface area contributed by atoms with Gasteiger partial charge in [0.1, 0.15) is 11.3 Å². The summed E-state index contributed by atoms with van der Waals surface area (Å²) in [5.74, 6) is 0. The highest BCUT2D eigenvalue weighted by Crippen LogP contribution is 2.22. The van der Waals surface area contributed by atoms with Gasteiger partial charge in [-0.2, -0.15) is 0 Å². The van der Waals surface area contributed by atoms with Crippen molar-refractivity contribution in [2.24, 2.45) is 5.73 Å². The summed E-state index contributed by atoms with van der Waals surface area (Å²) in [4.78, 5) is 12.2. The van der Waals surface area contributed by atoms with Gasteiger partial charge in [-0.3, -0.25) is 4.98 Å². The van der Waals surface area contributed by atoms with Crippen LogP contribution in [0.25, 0.3) is 0 Å². The van der Waals surface area contributed by atoms with Crippen LogP contribution < -0.4 is 5.73 Å². The minimum Gasteiger partial charge on any atom is -0.440 e. The van der Waals surface area contributed by atoms with E-state index < -0.39 is 0 Å². The summed E-state index contributed by atoms with van der Waals surface area (Å²) < 4.78 is 5.05. The Balaban J connectivity index is 2.10. The Labute approximate surface area is 84.8 Å². The number of nitrogens with zero attached hydrogens (tertiary/aromatic N) is 3. The van der Waals surface area contributed by atoms with Crippen molar-refractivity contribution >= 4 is 11.8 Å². The molecule has 0 unspecified atom stereocenters. The highest BCUT2D eigenvalue weighted by Gasteiger charge is 2.02. The van der Waals surface area contributed by atoms with Crippen LogP contribution in [0.5, 0.6) is 0 Å². The molecule has 2 aromatic rings. The molecule has 0 fully saturated rings. The smallest absolute Gasteiger partial charge is 0.262 e. The van der Waals surface area contributed by atoms with E-state index in [0.717, 1.165) is 10.7 Å². The normalized spacial score (nSPS) is 10.4. The second-order valence-corrected chi connectivity index (χ2v) is 3.42. The number of hydrogen-bond acceptors (Lipinski definition) is 6. The number of rotatable bonds is 3. The van der Waals surface area contributed by atoms with Crippen molar-refractivity contribution in [3.8, 4) is 0 Å². The van der Waals surface area contributed by atoms with E-state index >= 15 is 0 Å². The molecule has 0 aliphatic heterocycles. The summed E-state index contributed by atoms with van der Waals surface area (Å²) in [6, 6.07) is 0. The zero-order valence-electron chi connectivity index (χ0n) is 7.25. The Kier molecular flexibility index (Phi) is 2.76. The molecule has 0 saturated carbocycles. The summed E-state index contributed by atoms with van der Waals surface area (Å²) >= 11 is 1.32. The van der Waals surface area contributed by atoms with E-state index in [-0.39, 0.29) is 0 Å². The van der Waals surface area contributed by atoms with Crippen LogP contribution in [0.4, 0.5) is 0 Å². The Morgan fingerprint density at radius 3 is 2.79 bits per heavy atom. The van der Waals surface area contributed by atoms with Crippen LogP contribution in [0.15, 0.2) is 39.5 Å². The molecule has 2 rings (SSSR count). The highest BCUT2D eigenvalue weighted by molar-refractivity contribution is 7.99. The minimum atomic E-state index is 0.400. The number of aromatic nitrogens is 3. The van der Waals surface area contributed by atoms with Crippen molar-refractivity contribution < 1.29 is 4.42 Å². The van der Waals surface area contributed by atoms with Crippen LogP contribution in [0.3, 0.4) is 0 Å². The van der Waals surface area contributed by atoms with Gasteiger partial charge in [0.2, 0.25) is 0 Å². The third-order valence-corrected chi connectivity index (χ3v) is 2.29. The fourth-order valence-corrected chi connectivity index (χ4v) is 1.46. The average Bonchev–Trinajstić information content (AvgIpc) is 2.72. The molecule has 0 aliphatic carbocycles. The topological polar surface area (TPSA) is 77.8 Å². The number of oxazole rings is 1. The maximum Gasteiger partial charge on any atom is 0.262 e. The van der Waals surface area contributed by atoms with E-state index in [0.29, 0.717) is 11.8 Å². The number of nitrogens with two attached hydrogens (primary N) is 1. The molecule has 0 amide bonds. The Bertz CT molecular complexity index is 386. The lowest BCUT2D eigenvalue weighted by atomic mass is 10.5. The zero-order valence-corrected chi connectivity index (χ0v) is 8.07. The molecule has 0 atom stereocenters. The van der Waals surface area contributed by atoms with Gasteiger partial charge in [-0.05, 0) is 11.8 Å². The van der Waals surface area contributed by atoms with Crippen molar-refractivity contribution in [1.29, 1.82) is 0 Å². The fourth-order valence-electron chi connectivity index (χ4n) is 0.851. The van der Waals surface area contributed by atoms with Crippen LogP contribution in [0.1, 0.15) is 5.69 Å². The van der Waals surface area contributed by atoms with Gasteiger partial charge < -0.3 is 10.2 Å². The summed E-state index contributed by atoms with van der Waals surface area (Å²) in [6.45, 7) is 0.400. The van der Waals surface area contributed by atoms with E-state index in [9.17, 15) is 0 Å². The first-order chi connectivity index (χ1) is 6.88. The molecule has 0 bridgehead atoms. The predicted molar refractivity (Wildman–Crippen MR) is 50.5 cm³/mol. The molecular formula is C8H8N4OS. The van der Waals surface area contributed by atoms with E-state index in [2.05, 4.69) is 15.0 Å². The predicted octanol–water partition coefficient (Wildman–Crippen LogP) is 1.07. The first kappa shape index (κ1) is 9.17. The molecule has 72 valence electrons. The Morgan fingerprint density at radius 1 is 1.29 bits per heavy atom. The second kappa shape index (κ2) is 4.21. The van der Waals surface area contributed by atoms with Crippen LogP contribution >= 0.6 is 11.8 Å². The largest absolute Gasteiger partial charge is 0.440 e. The lowest BCUT2D eigenvalue weighted by Crippen LogP contribution is -1.99. The van der Waals surface area contributed by atoms with Gasteiger partial charge in [0, 0.05) is 6.54 Å². The average molecular weight is 208 g/mol. The molecule has 6 heteroatoms. The summed E-state index contributed by atoms with van der Waals surface area (Å²) in [7, 11) is 0. The third kappa shape index (κ3) is 2.09. The van der Waals surface area contributed by atoms with Gasteiger partial charge in [0.05, 0.1) is 24.3 Å². The molecule has 0 spiro atoms. The maximum absolute atomic E-state index is 5.40. The van der Waals surface area contributed by atoms with E-state index in [1.54, 1.807) is 18.6 Å². The molecule has 2 N–H and O–H groups in total. The van der Waals surface area contributed by atoms with Crippen LogP contribution in [-0.4, -0.2) is 15.0 Å². The first-order valence-electron chi connectivity index (χ1n) is 3.97. The number of hydrogen-bond donors (Lipinski definition) is 1. The summed E-state index contributed by atoms with van der Waals surface area (Å²) in [6.07, 6.45) is 6.40. The van der Waals surface area contributed by atoms with Crippen LogP contribution in [0.2, 0.25) is 0 Å². The zero-order chi connectivity index (χ0) is 9.80. The maximum atomic E-state index is 5.40. The van der Waals surface area contributed by atoms with Crippen molar-refractivity contribution in [3.63, 3.8) is 0 Å². The third-order valence-electron chi connectivity index (χ3n) is 1.49. The van der Waals surface area contributed by atoms with Crippen molar-refractivity contribution in [3.05, 3.63) is 30.5 Å². The van der Waals surface area contributed by atoms with Crippen LogP contribution in [-0.2, 0) is 6.54 Å². The molecule has 14 heavy (non-hydrogen) atoms. The van der Waals surface area contributed by atoms with Crippen molar-refractivity contribution in [1.82, 2.24) is 15.0 Å². The molecule has 0 aromatic carbocycles. The SMILES string of the molecule is NCc1cnc(Sc2ncco2)cn1. The van der Waals surface area contributed by atoms with Gasteiger partial charge in [-0.15, -0.1) is 0 Å². The van der Waals surface area contributed by atoms with Crippen LogP contribution in [0, 0.1) is 0 Å². The molecular weight excluding hydrogens is 200 g/mol. The van der Waals surface area contributed by atoms with Gasteiger partial charge >= 0.3 is 0 Å². The quantitative estimate of drug-likeness (QED) is 0.813. The molecule has 0 saturated heterocycles. The lowest BCUT2D eigenvalue weighted by molar-refractivity contribution is 0.454. The molecule has 0 aliphatic rings. The van der Waals surface area contributed by atoms with E-state index in [4.69, 9.17) is 10.2 Å². The highest BCUT2D eigenvalue weighted by atomic mass is 32.2. The molecule has 2 heterocycles. The fraction of sp³-hybridized carbons (Fsp3) is 0.125. The minimum absolute atomic E-state index is 0.400. The summed E-state index contributed by atoms with van der Waals surface area (Å²) in [5.41, 5.74) is 6.16. The second-order valence-electron chi connectivity index (χ2n) is 2.45. The Hall–Kier alpha value is -1.40. The van der Waals surface area contributed by atoms with Gasteiger partial charge in [-0.25, -0.2) is 9.97 Å². The molecule has 2 aromatic heterocycles. The standard InChI is InChI=1S/C8H8N4OS/c9-3-6-4-12-7(5-11-6)14-8-10-1-2-13-8/h1-2,4-5H,3,9H2. The lowest BCUT2D eigenvalue weighted by Gasteiger charge is -1.97.